The highest BCUT2D eigenvalue weighted by Gasteiger charge is 2.12. The molecule has 0 fully saturated rings. The lowest BCUT2D eigenvalue weighted by atomic mass is 10.4. The molecule has 0 spiro atoms. The van der Waals surface area contributed by atoms with Gasteiger partial charge in [0.05, 0.1) is 0 Å². The van der Waals surface area contributed by atoms with Crippen LogP contribution in [0.3, 0.4) is 0 Å². The van der Waals surface area contributed by atoms with Gasteiger partial charge in [0.25, 0.3) is 0 Å². The van der Waals surface area contributed by atoms with Gasteiger partial charge >= 0.3 is 0 Å². The van der Waals surface area contributed by atoms with E-state index in [0.29, 0.717) is 0 Å². The highest BCUT2D eigenvalue weighted by atomic mass is 35.7. The van der Waals surface area contributed by atoms with Crippen LogP contribution in [0.4, 0.5) is 0 Å². The van der Waals surface area contributed by atoms with Crippen LogP contribution in [0.15, 0.2) is 60.7 Å². The van der Waals surface area contributed by atoms with E-state index in [-0.39, 0.29) is 0 Å². The van der Waals surface area contributed by atoms with Crippen LogP contribution in [0, 0.1) is 0 Å². The van der Waals surface area contributed by atoms with Crippen LogP contribution in [0.5, 0.6) is 0 Å². The van der Waals surface area contributed by atoms with Gasteiger partial charge in [0.2, 0.25) is 0 Å². The molecule has 0 aromatic heterocycles. The van der Waals surface area contributed by atoms with Gasteiger partial charge in [0.1, 0.15) is 0 Å². The topological polar surface area (TPSA) is 0 Å². The largest absolute Gasteiger partial charge is 0.0912 e. The first-order chi connectivity index (χ1) is 8.77. The standard InChI is InChI=1S/C14H14Cl2P2/c15-17(13-7-3-1-4-8-13)11-12-18(16)14-9-5-2-6-10-14/h1-10H,11-12H2. The molecule has 0 heterocycles. The van der Waals surface area contributed by atoms with Gasteiger partial charge in [-0.25, -0.2) is 0 Å². The van der Waals surface area contributed by atoms with Crippen LogP contribution in [0.25, 0.3) is 0 Å². The quantitative estimate of drug-likeness (QED) is 0.688. The Morgan fingerprint density at radius 3 is 1.28 bits per heavy atom. The third kappa shape index (κ3) is 4.22. The van der Waals surface area contributed by atoms with E-state index in [0.717, 1.165) is 12.3 Å². The first-order valence-corrected chi connectivity index (χ1v) is 10.6. The molecule has 2 rings (SSSR count). The maximum absolute atomic E-state index is 6.45. The molecule has 2 aromatic carbocycles. The highest BCUT2D eigenvalue weighted by molar-refractivity contribution is 7.93. The van der Waals surface area contributed by atoms with E-state index < -0.39 is 14.5 Å². The summed E-state index contributed by atoms with van der Waals surface area (Å²) in [6.45, 7) is 0. The Kier molecular flexibility index (Phi) is 5.93. The average molecular weight is 315 g/mol. The summed E-state index contributed by atoms with van der Waals surface area (Å²) in [5, 5.41) is 2.48. The molecule has 0 aliphatic rings. The summed E-state index contributed by atoms with van der Waals surface area (Å²) in [5.41, 5.74) is 0. The predicted octanol–water partition coefficient (Wildman–Crippen LogP) is 4.91. The van der Waals surface area contributed by atoms with Gasteiger partial charge in [-0.2, -0.15) is 0 Å². The molecule has 18 heavy (non-hydrogen) atoms. The highest BCUT2D eigenvalue weighted by Crippen LogP contribution is 2.47. The van der Waals surface area contributed by atoms with Crippen molar-refractivity contribution in [2.45, 2.75) is 0 Å². The molecule has 94 valence electrons. The van der Waals surface area contributed by atoms with Gasteiger partial charge in [-0.1, -0.05) is 83.1 Å². The number of hydrogen-bond donors (Lipinski definition) is 0. The van der Waals surface area contributed by atoms with E-state index in [1.165, 1.54) is 10.6 Å². The molecule has 0 aliphatic heterocycles. The molecule has 0 aliphatic carbocycles. The Morgan fingerprint density at radius 1 is 0.611 bits per heavy atom. The van der Waals surface area contributed by atoms with Crippen molar-refractivity contribution in [3.63, 3.8) is 0 Å². The summed E-state index contributed by atoms with van der Waals surface area (Å²) in [5.74, 6) is 0. The van der Waals surface area contributed by atoms with Gasteiger partial charge in [-0.3, -0.25) is 0 Å². The molecule has 0 nitrogen and oxygen atoms in total. The Labute approximate surface area is 120 Å². The molecule has 0 N–H and O–H groups in total. The average Bonchev–Trinajstić information content (AvgIpc) is 2.46. The lowest BCUT2D eigenvalue weighted by Crippen LogP contribution is -2.04. The van der Waals surface area contributed by atoms with Crippen LogP contribution in [0.1, 0.15) is 0 Å². The monoisotopic (exact) mass is 314 g/mol. The number of benzene rings is 2. The fourth-order valence-electron chi connectivity index (χ4n) is 1.61. The van der Waals surface area contributed by atoms with Crippen LogP contribution < -0.4 is 10.6 Å². The van der Waals surface area contributed by atoms with Gasteiger partial charge < -0.3 is 0 Å². The molecule has 2 aromatic rings. The zero-order valence-electron chi connectivity index (χ0n) is 9.84. The van der Waals surface area contributed by atoms with Crippen molar-refractivity contribution >= 4 is 47.6 Å². The first kappa shape index (κ1) is 14.3. The Morgan fingerprint density at radius 2 is 0.944 bits per heavy atom. The molecule has 0 saturated heterocycles. The Hall–Kier alpha value is -0.120. The number of halogens is 2. The molecule has 4 heteroatoms. The van der Waals surface area contributed by atoms with Crippen molar-refractivity contribution in [2.24, 2.45) is 0 Å². The van der Waals surface area contributed by atoms with Crippen molar-refractivity contribution in [1.82, 2.24) is 0 Å². The lowest BCUT2D eigenvalue weighted by Gasteiger charge is -2.13. The van der Waals surface area contributed by atoms with E-state index in [9.17, 15) is 0 Å². The number of hydrogen-bond acceptors (Lipinski definition) is 0. The normalized spacial score (nSPS) is 14.1. The van der Waals surface area contributed by atoms with E-state index in [2.05, 4.69) is 24.3 Å². The minimum atomic E-state index is -0.595. The summed E-state index contributed by atoms with van der Waals surface area (Å²) >= 11 is 12.9. The minimum Gasteiger partial charge on any atom is -0.0912 e. The molecule has 0 bridgehead atoms. The fraction of sp³-hybridized carbons (Fsp3) is 0.143. The van der Waals surface area contributed by atoms with E-state index in [1.54, 1.807) is 0 Å². The SMILES string of the molecule is ClP(CCP(Cl)c1ccccc1)c1ccccc1. The maximum atomic E-state index is 6.45. The lowest BCUT2D eigenvalue weighted by molar-refractivity contribution is 1.53. The number of rotatable bonds is 5. The van der Waals surface area contributed by atoms with E-state index in [4.69, 9.17) is 22.5 Å². The molecule has 2 atom stereocenters. The van der Waals surface area contributed by atoms with Crippen LogP contribution in [-0.4, -0.2) is 12.3 Å². The second kappa shape index (κ2) is 7.46. The van der Waals surface area contributed by atoms with Gasteiger partial charge in [-0.05, 0) is 22.9 Å². The van der Waals surface area contributed by atoms with Crippen molar-refractivity contribution in [3.05, 3.63) is 60.7 Å². The van der Waals surface area contributed by atoms with Crippen molar-refractivity contribution in [2.75, 3.05) is 12.3 Å². The Balaban J connectivity index is 1.89. The van der Waals surface area contributed by atoms with Gasteiger partial charge in [0, 0.05) is 14.5 Å². The molecule has 2 unspecified atom stereocenters. The van der Waals surface area contributed by atoms with Crippen molar-refractivity contribution in [3.8, 4) is 0 Å². The minimum absolute atomic E-state index is 0.595. The summed E-state index contributed by atoms with van der Waals surface area (Å²) in [4.78, 5) is 0. The smallest absolute Gasteiger partial charge is 0.0216 e. The van der Waals surface area contributed by atoms with Crippen molar-refractivity contribution in [1.29, 1.82) is 0 Å². The van der Waals surface area contributed by atoms with E-state index in [1.807, 2.05) is 36.4 Å². The summed E-state index contributed by atoms with van der Waals surface area (Å²) in [7, 11) is -1.19. The maximum Gasteiger partial charge on any atom is 0.0216 e. The summed E-state index contributed by atoms with van der Waals surface area (Å²) in [6.07, 6.45) is 1.95. The zero-order valence-corrected chi connectivity index (χ0v) is 13.1. The first-order valence-electron chi connectivity index (χ1n) is 5.74. The predicted molar refractivity (Wildman–Crippen MR) is 87.4 cm³/mol. The van der Waals surface area contributed by atoms with Gasteiger partial charge in [0.15, 0.2) is 0 Å². The summed E-state index contributed by atoms with van der Waals surface area (Å²) in [6, 6.07) is 20.6. The van der Waals surface area contributed by atoms with Crippen molar-refractivity contribution < 1.29 is 0 Å². The molecular weight excluding hydrogens is 301 g/mol. The van der Waals surface area contributed by atoms with Crippen LogP contribution >= 0.6 is 37.0 Å². The summed E-state index contributed by atoms with van der Waals surface area (Å²) < 4.78 is 0. The molecule has 0 amide bonds. The van der Waals surface area contributed by atoms with E-state index >= 15 is 0 Å². The molecule has 0 radical (unpaired) electrons. The van der Waals surface area contributed by atoms with Crippen LogP contribution in [-0.2, 0) is 0 Å². The third-order valence-electron chi connectivity index (χ3n) is 2.57. The molecule has 0 saturated carbocycles. The second-order valence-corrected chi connectivity index (χ2v) is 9.67. The Bertz CT molecular complexity index is 416. The third-order valence-corrected chi connectivity index (χ3v) is 8.05. The molecular formula is C14H14Cl2P2. The fourth-order valence-corrected chi connectivity index (χ4v) is 6.56. The second-order valence-electron chi connectivity index (χ2n) is 3.84. The van der Waals surface area contributed by atoms with Crippen LogP contribution in [0.2, 0.25) is 0 Å². The zero-order chi connectivity index (χ0) is 12.8. The van der Waals surface area contributed by atoms with Gasteiger partial charge in [-0.15, -0.1) is 0 Å².